The van der Waals surface area contributed by atoms with Crippen molar-refractivity contribution in [3.05, 3.63) is 45.4 Å². The Hall–Kier alpha value is -2.36. The molecule has 22 heavy (non-hydrogen) atoms. The first-order valence-electron chi connectivity index (χ1n) is 6.43. The molecule has 0 aliphatic rings. The number of halogens is 1. The highest BCUT2D eigenvalue weighted by Gasteiger charge is 2.15. The maximum absolute atomic E-state index is 12.3. The molecule has 0 aliphatic heterocycles. The molecule has 110 valence electrons. The van der Waals surface area contributed by atoms with Gasteiger partial charge in [0.25, 0.3) is 5.91 Å². The average molecular weight is 331 g/mol. The molecule has 1 N–H and O–H groups in total. The number of rotatable bonds is 2. The number of carbonyl (C=O) groups excluding carboxylic acids is 1. The van der Waals surface area contributed by atoms with Crippen LogP contribution in [0.4, 0.5) is 5.69 Å². The van der Waals surface area contributed by atoms with Crippen molar-refractivity contribution in [1.29, 1.82) is 5.26 Å². The van der Waals surface area contributed by atoms with Gasteiger partial charge in [0.15, 0.2) is 0 Å². The van der Waals surface area contributed by atoms with Crippen molar-refractivity contribution in [2.45, 2.75) is 6.92 Å². The fourth-order valence-corrected chi connectivity index (χ4v) is 3.43. The van der Waals surface area contributed by atoms with Crippen LogP contribution < -0.4 is 5.32 Å². The van der Waals surface area contributed by atoms with E-state index in [0.29, 0.717) is 21.2 Å². The maximum Gasteiger partial charge on any atom is 0.265 e. The molecule has 1 amide bonds. The van der Waals surface area contributed by atoms with Gasteiger partial charge in [0, 0.05) is 18.1 Å². The molecule has 0 fully saturated rings. The molecule has 0 unspecified atom stereocenters. The van der Waals surface area contributed by atoms with Crippen molar-refractivity contribution in [3.63, 3.8) is 0 Å². The first-order valence-corrected chi connectivity index (χ1v) is 7.63. The summed E-state index contributed by atoms with van der Waals surface area (Å²) in [5, 5.41) is 17.2. The molecule has 0 aliphatic carbocycles. The predicted octanol–water partition coefficient (Wildman–Crippen LogP) is 3.72. The summed E-state index contributed by atoms with van der Waals surface area (Å²) in [6.45, 7) is 1.91. The standard InChI is InChI=1S/C15H11ClN4OS/c1-8-11-6-13(22-15(11)20(2)19-8)14(21)18-10-4-3-9(7-17)12(16)5-10/h3-6H,1-2H3,(H,18,21). The molecule has 3 rings (SSSR count). The Morgan fingerprint density at radius 2 is 2.23 bits per heavy atom. The van der Waals surface area contributed by atoms with Gasteiger partial charge in [-0.15, -0.1) is 11.3 Å². The second kappa shape index (κ2) is 5.44. The van der Waals surface area contributed by atoms with Crippen molar-refractivity contribution in [2.75, 3.05) is 5.32 Å². The Morgan fingerprint density at radius 3 is 2.86 bits per heavy atom. The lowest BCUT2D eigenvalue weighted by Gasteiger charge is -2.04. The Bertz CT molecular complexity index is 901. The fourth-order valence-electron chi connectivity index (χ4n) is 2.19. The van der Waals surface area contributed by atoms with Crippen LogP contribution in [0, 0.1) is 18.3 Å². The van der Waals surface area contributed by atoms with Gasteiger partial charge in [-0.25, -0.2) is 0 Å². The van der Waals surface area contributed by atoms with Crippen molar-refractivity contribution in [3.8, 4) is 6.07 Å². The number of aryl methyl sites for hydroxylation is 2. The number of hydrogen-bond acceptors (Lipinski definition) is 4. The number of benzene rings is 1. The SMILES string of the molecule is Cc1nn(C)c2sc(C(=O)Nc3ccc(C#N)c(Cl)c3)cc12. The number of anilines is 1. The minimum Gasteiger partial charge on any atom is -0.321 e. The summed E-state index contributed by atoms with van der Waals surface area (Å²) in [7, 11) is 1.86. The highest BCUT2D eigenvalue weighted by Crippen LogP contribution is 2.28. The number of hydrogen-bond donors (Lipinski definition) is 1. The summed E-state index contributed by atoms with van der Waals surface area (Å²) in [5.41, 5.74) is 1.83. The molecule has 1 aromatic carbocycles. The van der Waals surface area contributed by atoms with E-state index in [9.17, 15) is 4.79 Å². The van der Waals surface area contributed by atoms with E-state index < -0.39 is 0 Å². The van der Waals surface area contributed by atoms with Crippen LogP contribution in [0.15, 0.2) is 24.3 Å². The van der Waals surface area contributed by atoms with E-state index in [1.54, 1.807) is 22.9 Å². The second-order valence-corrected chi connectivity index (χ2v) is 6.24. The van der Waals surface area contributed by atoms with Gasteiger partial charge < -0.3 is 5.32 Å². The molecule has 2 aromatic heterocycles. The van der Waals surface area contributed by atoms with Crippen LogP contribution >= 0.6 is 22.9 Å². The highest BCUT2D eigenvalue weighted by molar-refractivity contribution is 7.20. The van der Waals surface area contributed by atoms with E-state index in [1.165, 1.54) is 11.3 Å². The van der Waals surface area contributed by atoms with E-state index in [-0.39, 0.29) is 5.91 Å². The summed E-state index contributed by atoms with van der Waals surface area (Å²) in [5.74, 6) is -0.207. The average Bonchev–Trinajstić information content (AvgIpc) is 3.02. The number of fused-ring (bicyclic) bond motifs is 1. The van der Waals surface area contributed by atoms with E-state index in [4.69, 9.17) is 16.9 Å². The third-order valence-electron chi connectivity index (χ3n) is 3.27. The molecule has 7 heteroatoms. The Labute approximate surface area is 135 Å². The number of nitrogens with zero attached hydrogens (tertiary/aromatic N) is 3. The number of aromatic nitrogens is 2. The molecule has 3 aromatic rings. The van der Waals surface area contributed by atoms with E-state index >= 15 is 0 Å². The lowest BCUT2D eigenvalue weighted by Crippen LogP contribution is -2.10. The van der Waals surface area contributed by atoms with Gasteiger partial charge in [0.2, 0.25) is 0 Å². The number of amides is 1. The lowest BCUT2D eigenvalue weighted by molar-refractivity contribution is 0.103. The number of carbonyl (C=O) groups is 1. The van der Waals surface area contributed by atoms with E-state index in [2.05, 4.69) is 10.4 Å². The zero-order valence-corrected chi connectivity index (χ0v) is 13.4. The second-order valence-electron chi connectivity index (χ2n) is 4.80. The molecular formula is C15H11ClN4OS. The summed E-state index contributed by atoms with van der Waals surface area (Å²) >= 11 is 7.35. The molecule has 5 nitrogen and oxygen atoms in total. The van der Waals surface area contributed by atoms with Gasteiger partial charge in [0.1, 0.15) is 10.9 Å². The topological polar surface area (TPSA) is 70.7 Å². The zero-order valence-electron chi connectivity index (χ0n) is 11.8. The molecule has 0 spiro atoms. The van der Waals surface area contributed by atoms with E-state index in [0.717, 1.165) is 15.9 Å². The summed E-state index contributed by atoms with van der Waals surface area (Å²) in [6, 6.07) is 8.62. The molecule has 0 saturated carbocycles. The van der Waals surface area contributed by atoms with Crippen LogP contribution in [-0.2, 0) is 7.05 Å². The summed E-state index contributed by atoms with van der Waals surface area (Å²) in [4.78, 5) is 13.9. The molecular weight excluding hydrogens is 320 g/mol. The lowest BCUT2D eigenvalue weighted by atomic mass is 10.2. The first kappa shape index (κ1) is 14.6. The highest BCUT2D eigenvalue weighted by atomic mass is 35.5. The molecule has 2 heterocycles. The Morgan fingerprint density at radius 1 is 1.45 bits per heavy atom. The fraction of sp³-hybridized carbons (Fsp3) is 0.133. The zero-order chi connectivity index (χ0) is 15.9. The van der Waals surface area contributed by atoms with Crippen molar-refractivity contribution in [1.82, 2.24) is 9.78 Å². The number of thiophene rings is 1. The molecule has 0 atom stereocenters. The number of nitrogens with one attached hydrogen (secondary N) is 1. The van der Waals surface area contributed by atoms with Crippen LogP contribution in [0.1, 0.15) is 20.9 Å². The van der Waals surface area contributed by atoms with Crippen LogP contribution in [-0.4, -0.2) is 15.7 Å². The van der Waals surface area contributed by atoms with Gasteiger partial charge in [-0.1, -0.05) is 11.6 Å². The van der Waals surface area contributed by atoms with Gasteiger partial charge in [0.05, 0.1) is 21.2 Å². The van der Waals surface area contributed by atoms with Gasteiger partial charge in [-0.05, 0) is 31.2 Å². The molecule has 0 bridgehead atoms. The largest absolute Gasteiger partial charge is 0.321 e. The summed E-state index contributed by atoms with van der Waals surface area (Å²) in [6.07, 6.45) is 0. The Balaban J connectivity index is 1.88. The van der Waals surface area contributed by atoms with Crippen molar-refractivity contribution < 1.29 is 4.79 Å². The maximum atomic E-state index is 12.3. The Kier molecular flexibility index (Phi) is 3.61. The minimum absolute atomic E-state index is 0.207. The third kappa shape index (κ3) is 2.45. The number of nitriles is 1. The van der Waals surface area contributed by atoms with Gasteiger partial charge in [-0.3, -0.25) is 9.48 Å². The third-order valence-corrected chi connectivity index (χ3v) is 4.78. The van der Waals surface area contributed by atoms with Gasteiger partial charge >= 0.3 is 0 Å². The van der Waals surface area contributed by atoms with Gasteiger partial charge in [-0.2, -0.15) is 10.4 Å². The van der Waals surface area contributed by atoms with Crippen molar-refractivity contribution in [2.24, 2.45) is 7.05 Å². The predicted molar refractivity (Wildman–Crippen MR) is 87.4 cm³/mol. The summed E-state index contributed by atoms with van der Waals surface area (Å²) < 4.78 is 1.77. The van der Waals surface area contributed by atoms with Crippen LogP contribution in [0.3, 0.4) is 0 Å². The smallest absolute Gasteiger partial charge is 0.265 e. The quantitative estimate of drug-likeness (QED) is 0.778. The van der Waals surface area contributed by atoms with Crippen molar-refractivity contribution >= 4 is 44.7 Å². The van der Waals surface area contributed by atoms with Crippen LogP contribution in [0.5, 0.6) is 0 Å². The monoisotopic (exact) mass is 330 g/mol. The molecule has 0 radical (unpaired) electrons. The van der Waals surface area contributed by atoms with Crippen LogP contribution in [0.25, 0.3) is 10.2 Å². The normalized spacial score (nSPS) is 10.6. The molecule has 0 saturated heterocycles. The minimum atomic E-state index is -0.207. The van der Waals surface area contributed by atoms with Crippen LogP contribution in [0.2, 0.25) is 5.02 Å². The van der Waals surface area contributed by atoms with E-state index in [1.807, 2.05) is 26.1 Å². The first-order chi connectivity index (χ1) is 10.5.